The average Bonchev–Trinajstić information content (AvgIpc) is 3.14. The number of hydrogen-bond donors (Lipinski definition) is 3. The van der Waals surface area contributed by atoms with E-state index < -0.39 is 40.3 Å². The largest absolute Gasteiger partial charge is 0.417 e. The summed E-state index contributed by atoms with van der Waals surface area (Å²) in [5, 5.41) is 6.35. The summed E-state index contributed by atoms with van der Waals surface area (Å²) in [5.74, 6) is -3.02. The lowest BCUT2D eigenvalue weighted by molar-refractivity contribution is -0.136. The normalized spacial score (nSPS) is 11.6. The molecular weight excluding hydrogens is 406 g/mol. The van der Waals surface area contributed by atoms with Crippen LogP contribution in [0.25, 0.3) is 21.8 Å². The number of carbonyl (C=O) groups excluding carboxylic acids is 2. The molecule has 0 bridgehead atoms. The molecule has 2 aromatic heterocycles. The van der Waals surface area contributed by atoms with Gasteiger partial charge in [-0.15, -0.1) is 0 Å². The third-order valence-electron chi connectivity index (χ3n) is 4.33. The summed E-state index contributed by atoms with van der Waals surface area (Å²) in [6.45, 7) is 0. The molecule has 0 radical (unpaired) electrons. The highest BCUT2D eigenvalue weighted by Gasteiger charge is 2.38. The van der Waals surface area contributed by atoms with E-state index in [9.17, 15) is 27.2 Å². The number of fused-ring (bicyclic) bond motifs is 2. The Bertz CT molecular complexity index is 1300. The number of nitrogens with zero attached hydrogens (tertiary/aromatic N) is 2. The number of para-hydroxylation sites is 1. The highest BCUT2D eigenvalue weighted by molar-refractivity contribution is 6.06. The predicted octanol–water partition coefficient (Wildman–Crippen LogP) is 3.34. The molecule has 152 valence electrons. The van der Waals surface area contributed by atoms with Gasteiger partial charge in [0.15, 0.2) is 5.69 Å². The maximum atomic E-state index is 13.6. The van der Waals surface area contributed by atoms with E-state index in [0.717, 1.165) is 12.1 Å². The molecule has 0 unspecified atom stereocenters. The summed E-state index contributed by atoms with van der Waals surface area (Å²) < 4.78 is 54.4. The number of aromatic amines is 1. The van der Waals surface area contributed by atoms with Crippen molar-refractivity contribution in [2.75, 3.05) is 0 Å². The molecular formula is C19H11F4N5O2. The summed E-state index contributed by atoms with van der Waals surface area (Å²) in [7, 11) is 0. The molecule has 0 atom stereocenters. The van der Waals surface area contributed by atoms with E-state index in [2.05, 4.69) is 15.2 Å². The van der Waals surface area contributed by atoms with Gasteiger partial charge in [0.1, 0.15) is 5.82 Å². The minimum Gasteiger partial charge on any atom is -0.277 e. The second-order valence-electron chi connectivity index (χ2n) is 6.23. The monoisotopic (exact) mass is 417 g/mol. The van der Waals surface area contributed by atoms with Gasteiger partial charge in [0.25, 0.3) is 11.8 Å². The van der Waals surface area contributed by atoms with Gasteiger partial charge in [-0.25, -0.2) is 4.39 Å². The lowest BCUT2D eigenvalue weighted by Crippen LogP contribution is -2.42. The van der Waals surface area contributed by atoms with Gasteiger partial charge in [-0.1, -0.05) is 18.2 Å². The zero-order valence-electron chi connectivity index (χ0n) is 14.8. The first-order chi connectivity index (χ1) is 14.3. The van der Waals surface area contributed by atoms with E-state index in [1.54, 1.807) is 24.3 Å². The van der Waals surface area contributed by atoms with Crippen molar-refractivity contribution < 1.29 is 27.2 Å². The van der Waals surface area contributed by atoms with Crippen LogP contribution < -0.4 is 10.9 Å². The van der Waals surface area contributed by atoms with Crippen LogP contribution in [-0.2, 0) is 6.18 Å². The van der Waals surface area contributed by atoms with Crippen LogP contribution in [0.15, 0.2) is 48.7 Å². The number of H-pyrrole nitrogens is 1. The smallest absolute Gasteiger partial charge is 0.277 e. The third-order valence-corrected chi connectivity index (χ3v) is 4.33. The van der Waals surface area contributed by atoms with Crippen LogP contribution in [0, 0.1) is 5.82 Å². The Hall–Kier alpha value is -4.02. The van der Waals surface area contributed by atoms with Crippen LogP contribution in [-0.4, -0.2) is 27.0 Å². The Morgan fingerprint density at radius 2 is 1.70 bits per heavy atom. The van der Waals surface area contributed by atoms with Crippen molar-refractivity contribution in [1.29, 1.82) is 0 Å². The molecule has 4 rings (SSSR count). The van der Waals surface area contributed by atoms with Crippen LogP contribution in [0.1, 0.15) is 26.4 Å². The van der Waals surface area contributed by atoms with Crippen LogP contribution in [0.2, 0.25) is 0 Å². The number of carbonyl (C=O) groups is 2. The molecule has 2 heterocycles. The molecule has 0 fully saturated rings. The van der Waals surface area contributed by atoms with Gasteiger partial charge in [-0.3, -0.25) is 30.5 Å². The van der Waals surface area contributed by atoms with Crippen molar-refractivity contribution in [3.63, 3.8) is 0 Å². The van der Waals surface area contributed by atoms with Crippen molar-refractivity contribution in [1.82, 2.24) is 26.0 Å². The molecule has 30 heavy (non-hydrogen) atoms. The molecule has 3 N–H and O–H groups in total. The Balaban J connectivity index is 1.64. The number of rotatable bonds is 2. The first kappa shape index (κ1) is 19.3. The first-order valence-electron chi connectivity index (χ1n) is 8.45. The molecule has 2 amide bonds. The lowest BCUT2D eigenvalue weighted by Gasteiger charge is -2.15. The minimum atomic E-state index is -4.97. The summed E-state index contributed by atoms with van der Waals surface area (Å²) in [6, 6.07) is 9.36. The number of benzene rings is 2. The van der Waals surface area contributed by atoms with E-state index in [-0.39, 0.29) is 11.2 Å². The Kier molecular flexibility index (Phi) is 4.57. The molecule has 0 aliphatic carbocycles. The third kappa shape index (κ3) is 3.41. The minimum absolute atomic E-state index is 0.0550. The van der Waals surface area contributed by atoms with Crippen LogP contribution in [0.5, 0.6) is 0 Å². The first-order valence-corrected chi connectivity index (χ1v) is 8.45. The second-order valence-corrected chi connectivity index (χ2v) is 6.23. The summed E-state index contributed by atoms with van der Waals surface area (Å²) in [5.41, 5.74) is 2.09. The number of hydrogen-bond acceptors (Lipinski definition) is 4. The Labute approximate surface area is 165 Å². The topological polar surface area (TPSA) is 99.8 Å². The number of amides is 2. The molecule has 7 nitrogen and oxygen atoms in total. The van der Waals surface area contributed by atoms with E-state index in [1.807, 2.05) is 10.9 Å². The maximum absolute atomic E-state index is 13.6. The highest BCUT2D eigenvalue weighted by Crippen LogP contribution is 2.37. The fraction of sp³-hybridized carbons (Fsp3) is 0.0526. The van der Waals surface area contributed by atoms with E-state index >= 15 is 0 Å². The highest BCUT2D eigenvalue weighted by atomic mass is 19.4. The van der Waals surface area contributed by atoms with E-state index in [4.69, 9.17) is 0 Å². The van der Waals surface area contributed by atoms with Crippen molar-refractivity contribution >= 4 is 33.6 Å². The Morgan fingerprint density at radius 1 is 0.967 bits per heavy atom. The zero-order chi connectivity index (χ0) is 21.5. The molecule has 0 saturated carbocycles. The fourth-order valence-corrected chi connectivity index (χ4v) is 3.02. The quantitative estimate of drug-likeness (QED) is 0.344. The van der Waals surface area contributed by atoms with Crippen LogP contribution in [0.3, 0.4) is 0 Å². The Morgan fingerprint density at radius 3 is 2.47 bits per heavy atom. The fourth-order valence-electron chi connectivity index (χ4n) is 3.02. The van der Waals surface area contributed by atoms with E-state index in [0.29, 0.717) is 23.2 Å². The van der Waals surface area contributed by atoms with Gasteiger partial charge in [0, 0.05) is 17.0 Å². The molecule has 2 aromatic carbocycles. The summed E-state index contributed by atoms with van der Waals surface area (Å²) >= 11 is 0. The van der Waals surface area contributed by atoms with Crippen LogP contribution in [0.4, 0.5) is 17.6 Å². The number of pyridine rings is 1. The lowest BCUT2D eigenvalue weighted by atomic mass is 10.0. The van der Waals surface area contributed by atoms with Gasteiger partial charge in [-0.2, -0.15) is 18.3 Å². The standard InChI is InChI=1S/C19H11F4N5O2/c20-9-5-6-13-11(7-9)15(19(21,22)23)12(8-24-13)17(29)27-28-18(30)16-10-3-1-2-4-14(10)25-26-16/h1-8H,(H,25,26)(H,27,29)(H,28,30). The molecule has 0 spiro atoms. The van der Waals surface area contributed by atoms with Crippen molar-refractivity contribution in [3.05, 3.63) is 71.3 Å². The van der Waals surface area contributed by atoms with Gasteiger partial charge < -0.3 is 0 Å². The number of hydrazine groups is 1. The zero-order valence-corrected chi connectivity index (χ0v) is 14.8. The molecule has 11 heteroatoms. The average molecular weight is 417 g/mol. The van der Waals surface area contributed by atoms with Gasteiger partial charge in [0.2, 0.25) is 0 Å². The molecule has 0 saturated heterocycles. The number of halogens is 4. The molecule has 0 aliphatic heterocycles. The maximum Gasteiger partial charge on any atom is 0.417 e. The summed E-state index contributed by atoms with van der Waals surface area (Å²) in [6.07, 6.45) is -4.25. The van der Waals surface area contributed by atoms with Gasteiger partial charge in [0.05, 0.1) is 22.2 Å². The van der Waals surface area contributed by atoms with E-state index in [1.165, 1.54) is 0 Å². The van der Waals surface area contributed by atoms with Crippen LogP contribution >= 0.6 is 0 Å². The molecule has 4 aromatic rings. The second kappa shape index (κ2) is 7.10. The predicted molar refractivity (Wildman–Crippen MR) is 97.7 cm³/mol. The molecule has 0 aliphatic rings. The van der Waals surface area contributed by atoms with Crippen molar-refractivity contribution in [3.8, 4) is 0 Å². The number of alkyl halides is 3. The van der Waals surface area contributed by atoms with Gasteiger partial charge >= 0.3 is 6.18 Å². The van der Waals surface area contributed by atoms with Gasteiger partial charge in [-0.05, 0) is 24.3 Å². The number of nitrogens with one attached hydrogen (secondary N) is 3. The SMILES string of the molecule is O=C(NNC(=O)c1n[nH]c2ccccc12)c1cnc2ccc(F)cc2c1C(F)(F)F. The summed E-state index contributed by atoms with van der Waals surface area (Å²) in [4.78, 5) is 28.5. The number of aromatic nitrogens is 3. The van der Waals surface area contributed by atoms with Crippen molar-refractivity contribution in [2.24, 2.45) is 0 Å². The van der Waals surface area contributed by atoms with Crippen molar-refractivity contribution in [2.45, 2.75) is 6.18 Å².